The number of alkyl halides is 3. The van der Waals surface area contributed by atoms with E-state index in [-0.39, 0.29) is 24.5 Å². The highest BCUT2D eigenvalue weighted by Gasteiger charge is 2.43. The second-order valence-electron chi connectivity index (χ2n) is 9.37. The number of hydrogen-bond acceptors (Lipinski definition) is 4. The lowest BCUT2D eigenvalue weighted by atomic mass is 9.97. The molecule has 0 spiro atoms. The van der Waals surface area contributed by atoms with Gasteiger partial charge in [0, 0.05) is 47.7 Å². The number of amides is 2. The summed E-state index contributed by atoms with van der Waals surface area (Å²) in [6.45, 7) is 5.79. The maximum atomic E-state index is 13.0. The van der Waals surface area contributed by atoms with Crippen molar-refractivity contribution < 1.29 is 18.0 Å². The molecule has 180 valence electrons. The highest BCUT2D eigenvalue weighted by atomic mass is 19.4. The van der Waals surface area contributed by atoms with Crippen molar-refractivity contribution >= 4 is 22.6 Å². The highest BCUT2D eigenvalue weighted by molar-refractivity contribution is 6.00. The average molecular weight is 473 g/mol. The predicted octanol–water partition coefficient (Wildman–Crippen LogP) is 4.86. The summed E-state index contributed by atoms with van der Waals surface area (Å²) in [5.74, 6) is -0.00867. The number of nitrogens with one attached hydrogen (secondary N) is 2. The van der Waals surface area contributed by atoms with Crippen LogP contribution in [0.15, 0.2) is 24.3 Å². The van der Waals surface area contributed by atoms with Gasteiger partial charge in [0.15, 0.2) is 0 Å². The van der Waals surface area contributed by atoms with Gasteiger partial charge in [0.1, 0.15) is 5.69 Å². The fourth-order valence-electron chi connectivity index (χ4n) is 5.34. The third-order valence-corrected chi connectivity index (χ3v) is 6.79. The van der Waals surface area contributed by atoms with Crippen LogP contribution < -0.4 is 5.32 Å². The molecule has 2 N–H and O–H groups in total. The number of H-pyrrole nitrogens is 1. The molecule has 34 heavy (non-hydrogen) atoms. The quantitative estimate of drug-likeness (QED) is 0.569. The molecule has 7 nitrogen and oxygen atoms in total. The molecule has 3 aromatic rings. The summed E-state index contributed by atoms with van der Waals surface area (Å²) in [6, 6.07) is 7.31. The van der Waals surface area contributed by atoms with E-state index in [4.69, 9.17) is 0 Å². The number of halogens is 3. The van der Waals surface area contributed by atoms with Crippen LogP contribution in [0.4, 0.5) is 23.7 Å². The Hall–Kier alpha value is -3.14. The van der Waals surface area contributed by atoms with Crippen LogP contribution >= 0.6 is 0 Å². The maximum absolute atomic E-state index is 13.0. The Morgan fingerprint density at radius 2 is 1.85 bits per heavy atom. The van der Waals surface area contributed by atoms with Crippen LogP contribution in [-0.2, 0) is 6.54 Å². The van der Waals surface area contributed by atoms with Gasteiger partial charge in [-0.3, -0.25) is 15.0 Å². The molecule has 1 aromatic carbocycles. The number of aromatic amines is 1. The summed E-state index contributed by atoms with van der Waals surface area (Å²) < 4.78 is 38.9. The average Bonchev–Trinajstić information content (AvgIpc) is 3.33. The van der Waals surface area contributed by atoms with Crippen molar-refractivity contribution in [2.45, 2.75) is 46.0 Å². The molecule has 2 unspecified atom stereocenters. The minimum Gasteiger partial charge on any atom is -0.316 e. The molecular formula is C24H27F3N6O. The van der Waals surface area contributed by atoms with Crippen molar-refractivity contribution in [2.24, 2.45) is 5.92 Å². The molecule has 4 heterocycles. The molecule has 2 aliphatic heterocycles. The molecule has 2 amide bonds. The summed E-state index contributed by atoms with van der Waals surface area (Å²) in [6.07, 6.45) is -3.54. The van der Waals surface area contributed by atoms with Gasteiger partial charge >= 0.3 is 12.2 Å². The summed E-state index contributed by atoms with van der Waals surface area (Å²) in [7, 11) is 0. The van der Waals surface area contributed by atoms with E-state index in [0.717, 1.165) is 39.1 Å². The monoisotopic (exact) mass is 472 g/mol. The van der Waals surface area contributed by atoms with Gasteiger partial charge < -0.3 is 10.2 Å². The smallest absolute Gasteiger partial charge is 0.316 e. The number of aromatic nitrogens is 3. The fraction of sp³-hybridized carbons (Fsp3) is 0.458. The van der Waals surface area contributed by atoms with Crippen LogP contribution in [0.5, 0.6) is 0 Å². The molecular weight excluding hydrogens is 445 g/mol. The summed E-state index contributed by atoms with van der Waals surface area (Å²) in [4.78, 5) is 20.5. The molecule has 1 fully saturated rings. The lowest BCUT2D eigenvalue weighted by Crippen LogP contribution is -2.49. The highest BCUT2D eigenvalue weighted by Crippen LogP contribution is 2.36. The molecule has 0 radical (unpaired) electrons. The van der Waals surface area contributed by atoms with Crippen molar-refractivity contribution in [3.05, 3.63) is 41.2 Å². The summed E-state index contributed by atoms with van der Waals surface area (Å²) in [5, 5.41) is 11.4. The number of carbonyl (C=O) groups excluding carboxylic acids is 1. The third kappa shape index (κ3) is 4.22. The minimum absolute atomic E-state index is 0.00867. The molecule has 2 aliphatic rings. The largest absolute Gasteiger partial charge is 0.401 e. The normalized spacial score (nSPS) is 21.2. The van der Waals surface area contributed by atoms with Gasteiger partial charge in [-0.2, -0.15) is 18.3 Å². The van der Waals surface area contributed by atoms with E-state index in [0.29, 0.717) is 25.2 Å². The van der Waals surface area contributed by atoms with Gasteiger partial charge in [0.25, 0.3) is 0 Å². The Morgan fingerprint density at radius 1 is 1.12 bits per heavy atom. The van der Waals surface area contributed by atoms with Gasteiger partial charge in [0.05, 0.1) is 18.1 Å². The minimum atomic E-state index is -4.25. The van der Waals surface area contributed by atoms with Crippen LogP contribution in [-0.4, -0.2) is 62.9 Å². The number of urea groups is 1. The Bertz CT molecular complexity index is 1230. The van der Waals surface area contributed by atoms with Crippen molar-refractivity contribution in [2.75, 3.05) is 25.0 Å². The second kappa shape index (κ2) is 8.26. The number of aryl methyl sites for hydroxylation is 2. The van der Waals surface area contributed by atoms with Crippen LogP contribution in [0, 0.1) is 19.8 Å². The zero-order valence-electron chi connectivity index (χ0n) is 19.3. The lowest BCUT2D eigenvalue weighted by Gasteiger charge is -2.36. The number of fused-ring (bicyclic) bond motifs is 2. The summed E-state index contributed by atoms with van der Waals surface area (Å²) >= 11 is 0. The predicted molar refractivity (Wildman–Crippen MR) is 123 cm³/mol. The number of benzene rings is 1. The Morgan fingerprint density at radius 3 is 2.53 bits per heavy atom. The van der Waals surface area contributed by atoms with Crippen molar-refractivity contribution in [3.8, 4) is 11.3 Å². The zero-order chi connectivity index (χ0) is 24.2. The van der Waals surface area contributed by atoms with Gasteiger partial charge in [-0.1, -0.05) is 13.3 Å². The molecule has 2 aromatic heterocycles. The van der Waals surface area contributed by atoms with E-state index in [1.807, 2.05) is 45.0 Å². The van der Waals surface area contributed by atoms with Crippen molar-refractivity contribution in [1.82, 2.24) is 25.0 Å². The van der Waals surface area contributed by atoms with Crippen LogP contribution in [0.1, 0.15) is 30.3 Å². The van der Waals surface area contributed by atoms with Crippen LogP contribution in [0.25, 0.3) is 22.2 Å². The first-order valence-corrected chi connectivity index (χ1v) is 11.4. The number of pyridine rings is 1. The Labute approximate surface area is 195 Å². The SMILES string of the molecule is CCC1CN(CC(F)(F)F)CC1N1Cc2cc3c(-c4cc(C)nc(C)c4)n[nH]c3cc2NC1=O. The van der Waals surface area contributed by atoms with Crippen molar-refractivity contribution in [1.29, 1.82) is 0 Å². The van der Waals surface area contributed by atoms with Crippen LogP contribution in [0.2, 0.25) is 0 Å². The first kappa shape index (κ1) is 22.6. The zero-order valence-corrected chi connectivity index (χ0v) is 19.3. The topological polar surface area (TPSA) is 77.2 Å². The third-order valence-electron chi connectivity index (χ3n) is 6.79. The van der Waals surface area contributed by atoms with E-state index in [2.05, 4.69) is 20.5 Å². The molecule has 0 aliphatic carbocycles. The van der Waals surface area contributed by atoms with Gasteiger partial charge in [0.2, 0.25) is 0 Å². The van der Waals surface area contributed by atoms with Crippen molar-refractivity contribution in [3.63, 3.8) is 0 Å². The van der Waals surface area contributed by atoms with E-state index >= 15 is 0 Å². The molecule has 10 heteroatoms. The summed E-state index contributed by atoms with van der Waals surface area (Å²) in [5.41, 5.74) is 5.98. The Balaban J connectivity index is 1.46. The Kier molecular flexibility index (Phi) is 5.50. The first-order valence-electron chi connectivity index (χ1n) is 11.4. The number of rotatable bonds is 4. The van der Waals surface area contributed by atoms with E-state index in [1.165, 1.54) is 4.90 Å². The molecule has 5 rings (SSSR count). The lowest BCUT2D eigenvalue weighted by molar-refractivity contribution is -0.144. The van der Waals surface area contributed by atoms with Gasteiger partial charge in [-0.25, -0.2) is 4.79 Å². The van der Waals surface area contributed by atoms with E-state index < -0.39 is 12.7 Å². The second-order valence-corrected chi connectivity index (χ2v) is 9.37. The number of anilines is 1. The number of likely N-dealkylation sites (tertiary alicyclic amines) is 1. The molecule has 0 bridgehead atoms. The molecule has 2 atom stereocenters. The molecule has 1 saturated heterocycles. The van der Waals surface area contributed by atoms with Gasteiger partial charge in [-0.15, -0.1) is 0 Å². The number of hydrogen-bond donors (Lipinski definition) is 2. The van der Waals surface area contributed by atoms with E-state index in [1.54, 1.807) is 4.90 Å². The van der Waals surface area contributed by atoms with E-state index in [9.17, 15) is 18.0 Å². The van der Waals surface area contributed by atoms with Crippen LogP contribution in [0.3, 0.4) is 0 Å². The maximum Gasteiger partial charge on any atom is 0.401 e. The van der Waals surface area contributed by atoms with Gasteiger partial charge in [-0.05, 0) is 49.6 Å². The molecule has 0 saturated carbocycles. The standard InChI is InChI=1S/C24H27F3N6O/c1-4-15-9-32(12-24(25,26)27)11-21(15)33-10-17-7-18-20(8-19(17)29-23(33)34)30-31-22(18)16-5-13(2)28-14(3)6-16/h5-8,15,21H,4,9-12H2,1-3H3,(H,29,34)(H,30,31). The number of carbonyl (C=O) groups is 1. The fourth-order valence-corrected chi connectivity index (χ4v) is 5.34. The number of nitrogens with zero attached hydrogens (tertiary/aromatic N) is 4. The first-order chi connectivity index (χ1) is 16.1.